The Balaban J connectivity index is 1.81. The van der Waals surface area contributed by atoms with E-state index in [9.17, 15) is 25.0 Å². The van der Waals surface area contributed by atoms with Crippen LogP contribution in [0.25, 0.3) is 23.0 Å². The Labute approximate surface area is 219 Å². The average molecular weight is 512 g/mol. The zero-order valence-corrected chi connectivity index (χ0v) is 21.0. The van der Waals surface area contributed by atoms with E-state index >= 15 is 0 Å². The number of ether oxygens (including phenoxy) is 1. The van der Waals surface area contributed by atoms with E-state index in [1.54, 1.807) is 36.0 Å². The van der Waals surface area contributed by atoms with E-state index in [1.807, 2.05) is 43.3 Å². The van der Waals surface area contributed by atoms with Crippen LogP contribution < -0.4 is 0 Å². The van der Waals surface area contributed by atoms with Crippen LogP contribution in [0.1, 0.15) is 25.8 Å². The van der Waals surface area contributed by atoms with Gasteiger partial charge in [0.15, 0.2) is 0 Å². The zero-order chi connectivity index (χ0) is 27.2. The maximum absolute atomic E-state index is 13.5. The van der Waals surface area contributed by atoms with Crippen LogP contribution in [0.2, 0.25) is 0 Å². The Morgan fingerprint density at radius 1 is 1.11 bits per heavy atom. The lowest BCUT2D eigenvalue weighted by Crippen LogP contribution is -2.43. The molecule has 2 aromatic carbocycles. The maximum atomic E-state index is 13.5. The molecule has 0 N–H and O–H groups in total. The molecule has 0 atom stereocenters. The summed E-state index contributed by atoms with van der Waals surface area (Å²) < 4.78 is 6.90. The summed E-state index contributed by atoms with van der Waals surface area (Å²) in [6.07, 6.45) is 3.79. The number of non-ortho nitro benzene ring substituents is 1. The fourth-order valence-electron chi connectivity index (χ4n) is 4.13. The van der Waals surface area contributed by atoms with Crippen molar-refractivity contribution in [2.24, 2.45) is 0 Å². The van der Waals surface area contributed by atoms with Gasteiger partial charge >= 0.3 is 0 Å². The Bertz CT molecular complexity index is 1480. The Morgan fingerprint density at radius 2 is 1.82 bits per heavy atom. The molecule has 1 aromatic heterocycles. The number of carbonyl (C=O) groups excluding carboxylic acids is 2. The highest BCUT2D eigenvalue weighted by atomic mass is 16.6. The monoisotopic (exact) mass is 511 g/mol. The van der Waals surface area contributed by atoms with E-state index in [0.717, 1.165) is 10.5 Å². The van der Waals surface area contributed by atoms with Gasteiger partial charge < -0.3 is 4.74 Å². The van der Waals surface area contributed by atoms with Crippen LogP contribution in [0.3, 0.4) is 0 Å². The van der Waals surface area contributed by atoms with Crippen LogP contribution in [-0.4, -0.2) is 51.2 Å². The first-order valence-corrected chi connectivity index (χ1v) is 12.0. The number of benzene rings is 2. The van der Waals surface area contributed by atoms with Crippen LogP contribution in [0.5, 0.6) is 0 Å². The summed E-state index contributed by atoms with van der Waals surface area (Å²) in [7, 11) is 0. The van der Waals surface area contributed by atoms with E-state index in [2.05, 4.69) is 0 Å². The molecule has 0 aliphatic carbocycles. The Morgan fingerprint density at radius 3 is 2.45 bits per heavy atom. The van der Waals surface area contributed by atoms with Crippen LogP contribution in [0.4, 0.5) is 5.69 Å². The number of aromatic nitrogens is 2. The number of nitro groups is 1. The quantitative estimate of drug-likeness (QED) is 0.136. The number of nitrogens with zero attached hydrogens (tertiary/aromatic N) is 5. The minimum atomic E-state index is -0.617. The number of nitro benzene ring substituents is 1. The average Bonchev–Trinajstić information content (AvgIpc) is 3.35. The molecule has 10 heteroatoms. The number of nitriles is 1. The SMILES string of the molecule is CCOCCCN1C(=O)C(C#N)=C(C)/C(=C\c2cn(-c3ccc([N+](=O)[O-])cc3)nc2-c2ccccc2)C1=O. The molecular formula is C28H25N5O5. The van der Waals surface area contributed by atoms with E-state index in [-0.39, 0.29) is 23.4 Å². The summed E-state index contributed by atoms with van der Waals surface area (Å²) >= 11 is 0. The number of amides is 2. The van der Waals surface area contributed by atoms with Crippen molar-refractivity contribution in [1.82, 2.24) is 14.7 Å². The standard InChI is InChI=1S/C28H25N5O5/c1-3-38-15-7-14-31-27(34)24(19(2)25(17-29)28(31)35)16-21-18-32(22-10-12-23(13-11-22)33(36)37)30-26(21)20-8-5-4-6-9-20/h4-6,8-13,16,18H,3,7,14-15H2,1-2H3/b24-16+. The molecule has 0 saturated heterocycles. The van der Waals surface area contributed by atoms with E-state index in [1.165, 1.54) is 12.1 Å². The van der Waals surface area contributed by atoms with Crippen LogP contribution >= 0.6 is 0 Å². The first kappa shape index (κ1) is 26.2. The maximum Gasteiger partial charge on any atom is 0.271 e. The molecule has 0 saturated carbocycles. The van der Waals surface area contributed by atoms with Crippen LogP contribution in [-0.2, 0) is 14.3 Å². The van der Waals surface area contributed by atoms with Crippen molar-refractivity contribution in [3.8, 4) is 23.0 Å². The van der Waals surface area contributed by atoms with Gasteiger partial charge in [-0.15, -0.1) is 0 Å². The molecule has 2 amide bonds. The molecule has 0 radical (unpaired) electrons. The topological polar surface area (TPSA) is 131 Å². The van der Waals surface area contributed by atoms with Gasteiger partial charge in [0.25, 0.3) is 17.5 Å². The van der Waals surface area contributed by atoms with Gasteiger partial charge in [-0.05, 0) is 44.1 Å². The molecule has 0 spiro atoms. The molecule has 0 bridgehead atoms. The highest BCUT2D eigenvalue weighted by molar-refractivity contribution is 6.19. The zero-order valence-electron chi connectivity index (χ0n) is 21.0. The summed E-state index contributed by atoms with van der Waals surface area (Å²) in [5, 5.41) is 25.4. The van der Waals surface area contributed by atoms with Crippen molar-refractivity contribution in [2.45, 2.75) is 20.3 Å². The molecule has 1 aliphatic rings. The third kappa shape index (κ3) is 5.28. The number of carbonyl (C=O) groups is 2. The van der Waals surface area contributed by atoms with Gasteiger partial charge in [0.2, 0.25) is 0 Å². The minimum absolute atomic E-state index is 0.0433. The van der Waals surface area contributed by atoms with Crippen molar-refractivity contribution in [2.75, 3.05) is 19.8 Å². The predicted molar refractivity (Wildman–Crippen MR) is 140 cm³/mol. The van der Waals surface area contributed by atoms with Gasteiger partial charge in [-0.2, -0.15) is 10.4 Å². The van der Waals surface area contributed by atoms with Gasteiger partial charge in [0.1, 0.15) is 11.6 Å². The third-order valence-corrected chi connectivity index (χ3v) is 6.11. The van der Waals surface area contributed by atoms with Gasteiger partial charge in [0.05, 0.1) is 16.3 Å². The van der Waals surface area contributed by atoms with Gasteiger partial charge in [-0.25, -0.2) is 4.68 Å². The van der Waals surface area contributed by atoms with Gasteiger partial charge in [-0.1, -0.05) is 30.3 Å². The highest BCUT2D eigenvalue weighted by Gasteiger charge is 2.35. The second-order valence-corrected chi connectivity index (χ2v) is 8.50. The lowest BCUT2D eigenvalue weighted by atomic mass is 9.93. The van der Waals surface area contributed by atoms with Gasteiger partial charge in [0, 0.05) is 54.8 Å². The highest BCUT2D eigenvalue weighted by Crippen LogP contribution is 2.31. The summed E-state index contributed by atoms with van der Waals surface area (Å²) in [6.45, 7) is 4.48. The molecular weight excluding hydrogens is 486 g/mol. The van der Waals surface area contributed by atoms with E-state index in [4.69, 9.17) is 9.84 Å². The minimum Gasteiger partial charge on any atom is -0.382 e. The smallest absolute Gasteiger partial charge is 0.271 e. The fraction of sp³-hybridized carbons (Fsp3) is 0.214. The molecule has 2 heterocycles. The first-order chi connectivity index (χ1) is 18.3. The lowest BCUT2D eigenvalue weighted by molar-refractivity contribution is -0.384. The second-order valence-electron chi connectivity index (χ2n) is 8.50. The molecule has 1 aliphatic heterocycles. The number of hydrogen-bond donors (Lipinski definition) is 0. The normalized spacial score (nSPS) is 14.8. The Kier molecular flexibility index (Phi) is 7.89. The molecule has 0 fully saturated rings. The van der Waals surface area contributed by atoms with Gasteiger partial charge in [-0.3, -0.25) is 24.6 Å². The van der Waals surface area contributed by atoms with Crippen molar-refractivity contribution in [3.63, 3.8) is 0 Å². The second kappa shape index (κ2) is 11.5. The van der Waals surface area contributed by atoms with Crippen molar-refractivity contribution in [1.29, 1.82) is 5.26 Å². The predicted octanol–water partition coefficient (Wildman–Crippen LogP) is 4.47. The van der Waals surface area contributed by atoms with Crippen molar-refractivity contribution >= 4 is 23.6 Å². The summed E-state index contributed by atoms with van der Waals surface area (Å²) in [4.78, 5) is 38.0. The summed E-state index contributed by atoms with van der Waals surface area (Å²) in [5.41, 5.74) is 2.91. The van der Waals surface area contributed by atoms with E-state index < -0.39 is 16.7 Å². The largest absolute Gasteiger partial charge is 0.382 e. The molecule has 4 rings (SSSR count). The third-order valence-electron chi connectivity index (χ3n) is 6.11. The van der Waals surface area contributed by atoms with Crippen molar-refractivity contribution < 1.29 is 19.2 Å². The Hall–Kier alpha value is -4.88. The summed E-state index contributed by atoms with van der Waals surface area (Å²) in [5.74, 6) is -1.11. The van der Waals surface area contributed by atoms with Crippen molar-refractivity contribution in [3.05, 3.63) is 93.2 Å². The van der Waals surface area contributed by atoms with E-state index in [0.29, 0.717) is 42.2 Å². The summed E-state index contributed by atoms with van der Waals surface area (Å²) in [6, 6.07) is 17.2. The molecule has 192 valence electrons. The fourth-order valence-corrected chi connectivity index (χ4v) is 4.13. The van der Waals surface area contributed by atoms with Crippen LogP contribution in [0.15, 0.2) is 77.5 Å². The first-order valence-electron chi connectivity index (χ1n) is 12.0. The lowest BCUT2D eigenvalue weighted by Gasteiger charge is -2.27. The molecule has 10 nitrogen and oxygen atoms in total. The number of rotatable bonds is 9. The van der Waals surface area contributed by atoms with Crippen LogP contribution in [0, 0.1) is 21.4 Å². The number of hydrogen-bond acceptors (Lipinski definition) is 7. The molecule has 38 heavy (non-hydrogen) atoms. The molecule has 3 aromatic rings. The molecule has 0 unspecified atom stereocenters. The number of imide groups is 1.